The number of alkyl halides is 1. The molecule has 0 spiro atoms. The zero-order valence-electron chi connectivity index (χ0n) is 11.9. The molecule has 102 valence electrons. The molecule has 20 heavy (non-hydrogen) atoms. The predicted octanol–water partition coefficient (Wildman–Crippen LogP) is 4.94. The number of hydrogen-bond acceptors (Lipinski definition) is 1. The van der Waals surface area contributed by atoms with Gasteiger partial charge in [0.1, 0.15) is 5.82 Å². The number of aromatic nitrogens is 2. The fourth-order valence-corrected chi connectivity index (χ4v) is 2.69. The molecular weight excluding hydrogens is 268 g/mol. The first-order valence-corrected chi connectivity index (χ1v) is 7.20. The number of halogens is 1. The second-order valence-corrected chi connectivity index (χ2v) is 5.85. The van der Waals surface area contributed by atoms with Gasteiger partial charge < -0.3 is 0 Å². The van der Waals surface area contributed by atoms with E-state index in [1.165, 1.54) is 11.1 Å². The van der Waals surface area contributed by atoms with E-state index in [-0.39, 0.29) is 5.38 Å². The molecule has 0 aliphatic rings. The zero-order valence-corrected chi connectivity index (χ0v) is 12.6. The van der Waals surface area contributed by atoms with E-state index >= 15 is 0 Å². The molecule has 0 bridgehead atoms. The van der Waals surface area contributed by atoms with Gasteiger partial charge in [0, 0.05) is 0 Å². The van der Waals surface area contributed by atoms with Gasteiger partial charge in [0.15, 0.2) is 0 Å². The van der Waals surface area contributed by atoms with E-state index in [0.29, 0.717) is 0 Å². The maximum absolute atomic E-state index is 6.34. The Labute approximate surface area is 124 Å². The van der Waals surface area contributed by atoms with Crippen LogP contribution in [0.1, 0.15) is 29.3 Å². The lowest BCUT2D eigenvalue weighted by Gasteiger charge is -2.13. The molecule has 0 fully saturated rings. The first kappa shape index (κ1) is 13.2. The number of benzene rings is 2. The van der Waals surface area contributed by atoms with Gasteiger partial charge >= 0.3 is 0 Å². The third-order valence-electron chi connectivity index (χ3n) is 3.55. The van der Waals surface area contributed by atoms with Crippen LogP contribution in [-0.2, 0) is 0 Å². The molecule has 0 radical (unpaired) electrons. The fourth-order valence-electron chi connectivity index (χ4n) is 2.54. The highest BCUT2D eigenvalue weighted by Gasteiger charge is 2.17. The Balaban J connectivity index is 2.38. The van der Waals surface area contributed by atoms with Gasteiger partial charge in [-0.05, 0) is 50.1 Å². The van der Waals surface area contributed by atoms with Gasteiger partial charge in [0.05, 0.1) is 22.1 Å². The Hall–Kier alpha value is -1.80. The van der Waals surface area contributed by atoms with Crippen molar-refractivity contribution in [1.82, 2.24) is 9.55 Å². The molecule has 3 heteroatoms. The summed E-state index contributed by atoms with van der Waals surface area (Å²) in [4.78, 5) is 4.72. The van der Waals surface area contributed by atoms with E-state index in [0.717, 1.165) is 22.5 Å². The maximum Gasteiger partial charge on any atom is 0.132 e. The summed E-state index contributed by atoms with van der Waals surface area (Å²) in [6.07, 6.45) is 0. The van der Waals surface area contributed by atoms with Crippen LogP contribution < -0.4 is 0 Å². The lowest BCUT2D eigenvalue weighted by molar-refractivity contribution is 0.878. The molecule has 3 rings (SSSR count). The Bertz CT molecular complexity index is 772. The second kappa shape index (κ2) is 4.95. The van der Waals surface area contributed by atoms with Crippen molar-refractivity contribution >= 4 is 22.6 Å². The van der Waals surface area contributed by atoms with Crippen LogP contribution in [0.2, 0.25) is 0 Å². The van der Waals surface area contributed by atoms with Gasteiger partial charge in [-0.2, -0.15) is 0 Å². The van der Waals surface area contributed by atoms with Crippen molar-refractivity contribution in [2.75, 3.05) is 0 Å². The van der Waals surface area contributed by atoms with E-state index < -0.39 is 0 Å². The average molecular weight is 285 g/mol. The number of rotatable bonds is 2. The molecule has 1 heterocycles. The van der Waals surface area contributed by atoms with E-state index in [1.54, 1.807) is 0 Å². The summed E-state index contributed by atoms with van der Waals surface area (Å²) in [6, 6.07) is 14.6. The molecule has 0 saturated carbocycles. The summed E-state index contributed by atoms with van der Waals surface area (Å²) in [7, 11) is 0. The minimum absolute atomic E-state index is 0.137. The summed E-state index contributed by atoms with van der Waals surface area (Å²) in [5, 5.41) is -0.137. The first-order valence-electron chi connectivity index (χ1n) is 6.77. The van der Waals surface area contributed by atoms with Crippen molar-refractivity contribution in [1.29, 1.82) is 0 Å². The molecule has 0 N–H and O–H groups in total. The van der Waals surface area contributed by atoms with Crippen molar-refractivity contribution in [3.05, 3.63) is 59.4 Å². The highest BCUT2D eigenvalue weighted by molar-refractivity contribution is 6.20. The molecule has 0 aliphatic heterocycles. The molecule has 1 atom stereocenters. The standard InChI is InChI=1S/C17H17ClN2/c1-11-8-9-16-14(10-11)19-17(13(3)18)20(16)15-7-5-4-6-12(15)2/h4-10,13H,1-3H3. The minimum Gasteiger partial charge on any atom is -0.295 e. The molecule has 3 aromatic rings. The Morgan fingerprint density at radius 3 is 2.55 bits per heavy atom. The number of aryl methyl sites for hydroxylation is 2. The third-order valence-corrected chi connectivity index (χ3v) is 3.74. The monoisotopic (exact) mass is 284 g/mol. The van der Waals surface area contributed by atoms with Crippen LogP contribution in [0.3, 0.4) is 0 Å². The van der Waals surface area contributed by atoms with Gasteiger partial charge in [0.2, 0.25) is 0 Å². The highest BCUT2D eigenvalue weighted by atomic mass is 35.5. The molecular formula is C17H17ClN2. The highest BCUT2D eigenvalue weighted by Crippen LogP contribution is 2.29. The zero-order chi connectivity index (χ0) is 14.3. The quantitative estimate of drug-likeness (QED) is 0.609. The average Bonchev–Trinajstić information content (AvgIpc) is 2.78. The smallest absolute Gasteiger partial charge is 0.132 e. The molecule has 2 nitrogen and oxygen atoms in total. The van der Waals surface area contributed by atoms with Crippen LogP contribution in [-0.4, -0.2) is 9.55 Å². The van der Waals surface area contributed by atoms with Gasteiger partial charge in [-0.1, -0.05) is 24.3 Å². The van der Waals surface area contributed by atoms with Crippen molar-refractivity contribution in [3.8, 4) is 5.69 Å². The number of nitrogens with zero attached hydrogens (tertiary/aromatic N) is 2. The van der Waals surface area contributed by atoms with Crippen molar-refractivity contribution < 1.29 is 0 Å². The number of hydrogen-bond donors (Lipinski definition) is 0. The van der Waals surface area contributed by atoms with Gasteiger partial charge in [-0.15, -0.1) is 11.6 Å². The van der Waals surface area contributed by atoms with Crippen LogP contribution >= 0.6 is 11.6 Å². The van der Waals surface area contributed by atoms with Gasteiger partial charge in [-0.25, -0.2) is 4.98 Å². The maximum atomic E-state index is 6.34. The molecule has 0 amide bonds. The lowest BCUT2D eigenvalue weighted by Crippen LogP contribution is -2.03. The van der Waals surface area contributed by atoms with Crippen LogP contribution in [0.15, 0.2) is 42.5 Å². The lowest BCUT2D eigenvalue weighted by atomic mass is 10.2. The summed E-state index contributed by atoms with van der Waals surface area (Å²) >= 11 is 6.34. The van der Waals surface area contributed by atoms with Gasteiger partial charge in [-0.3, -0.25) is 4.57 Å². The molecule has 1 unspecified atom stereocenters. The normalized spacial score (nSPS) is 12.8. The number of imidazole rings is 1. The summed E-state index contributed by atoms with van der Waals surface area (Å²) in [6.45, 7) is 6.15. The summed E-state index contributed by atoms with van der Waals surface area (Å²) in [5.74, 6) is 0.890. The van der Waals surface area contributed by atoms with E-state index in [9.17, 15) is 0 Å². The number of fused-ring (bicyclic) bond motifs is 1. The second-order valence-electron chi connectivity index (χ2n) is 5.20. The summed E-state index contributed by atoms with van der Waals surface area (Å²) in [5.41, 5.74) is 5.66. The van der Waals surface area contributed by atoms with Crippen molar-refractivity contribution in [2.24, 2.45) is 0 Å². The topological polar surface area (TPSA) is 17.8 Å². The molecule has 0 aliphatic carbocycles. The minimum atomic E-state index is -0.137. The molecule has 0 saturated heterocycles. The third kappa shape index (κ3) is 2.10. The SMILES string of the molecule is Cc1ccc2c(c1)nc(C(C)Cl)n2-c1ccccc1C. The van der Waals surface area contributed by atoms with Crippen LogP contribution in [0.4, 0.5) is 0 Å². The first-order chi connectivity index (χ1) is 9.58. The predicted molar refractivity (Wildman–Crippen MR) is 84.8 cm³/mol. The Morgan fingerprint density at radius 2 is 1.85 bits per heavy atom. The number of para-hydroxylation sites is 1. The van der Waals surface area contributed by atoms with Crippen molar-refractivity contribution in [3.63, 3.8) is 0 Å². The van der Waals surface area contributed by atoms with E-state index in [1.807, 2.05) is 19.1 Å². The van der Waals surface area contributed by atoms with Crippen LogP contribution in [0.5, 0.6) is 0 Å². The Morgan fingerprint density at radius 1 is 1.10 bits per heavy atom. The van der Waals surface area contributed by atoms with E-state index in [2.05, 4.69) is 48.7 Å². The Kier molecular flexibility index (Phi) is 3.27. The molecule has 2 aromatic carbocycles. The van der Waals surface area contributed by atoms with E-state index in [4.69, 9.17) is 16.6 Å². The molecule has 1 aromatic heterocycles. The van der Waals surface area contributed by atoms with Crippen molar-refractivity contribution in [2.45, 2.75) is 26.1 Å². The largest absolute Gasteiger partial charge is 0.295 e. The summed E-state index contributed by atoms with van der Waals surface area (Å²) < 4.78 is 2.17. The fraction of sp³-hybridized carbons (Fsp3) is 0.235. The van der Waals surface area contributed by atoms with Crippen LogP contribution in [0, 0.1) is 13.8 Å². The van der Waals surface area contributed by atoms with Gasteiger partial charge in [0.25, 0.3) is 0 Å². The van der Waals surface area contributed by atoms with Crippen LogP contribution in [0.25, 0.3) is 16.7 Å².